The van der Waals surface area contributed by atoms with Gasteiger partial charge in [0.1, 0.15) is 5.75 Å². The van der Waals surface area contributed by atoms with E-state index in [0.29, 0.717) is 6.61 Å². The number of hydrogen-bond acceptors (Lipinski definition) is 4. The van der Waals surface area contributed by atoms with Gasteiger partial charge in [0.2, 0.25) is 0 Å². The number of rotatable bonds is 7. The van der Waals surface area contributed by atoms with Crippen molar-refractivity contribution in [3.8, 4) is 5.75 Å². The number of carbonyl (C=O) groups excluding carboxylic acids is 2. The molecule has 6 heteroatoms. The van der Waals surface area contributed by atoms with Crippen molar-refractivity contribution in [2.24, 2.45) is 0 Å². The Bertz CT molecular complexity index is 571. The third kappa shape index (κ3) is 5.66. The summed E-state index contributed by atoms with van der Waals surface area (Å²) in [6, 6.07) is 7.85. The van der Waals surface area contributed by atoms with Crippen LogP contribution in [0.4, 0.5) is 4.79 Å². The summed E-state index contributed by atoms with van der Waals surface area (Å²) in [4.78, 5) is 25.8. The van der Waals surface area contributed by atoms with Crippen LogP contribution in [0, 0.1) is 0 Å². The van der Waals surface area contributed by atoms with Crippen LogP contribution in [0.15, 0.2) is 24.3 Å². The molecule has 0 spiro atoms. The van der Waals surface area contributed by atoms with Gasteiger partial charge in [-0.25, -0.2) is 4.79 Å². The predicted molar refractivity (Wildman–Crippen MR) is 95.5 cm³/mol. The van der Waals surface area contributed by atoms with Gasteiger partial charge in [-0.2, -0.15) is 0 Å². The smallest absolute Gasteiger partial charge is 0.317 e. The minimum Gasteiger partial charge on any atom is -0.494 e. The van der Waals surface area contributed by atoms with E-state index in [1.165, 1.54) is 0 Å². The zero-order valence-corrected chi connectivity index (χ0v) is 15.3. The van der Waals surface area contributed by atoms with Gasteiger partial charge in [0, 0.05) is 13.1 Å². The molecule has 0 aliphatic carbocycles. The fourth-order valence-electron chi connectivity index (χ4n) is 3.00. The molecule has 1 aromatic rings. The second-order valence-electron chi connectivity index (χ2n) is 6.37. The van der Waals surface area contributed by atoms with Crippen molar-refractivity contribution in [1.82, 2.24) is 10.2 Å². The lowest BCUT2D eigenvalue weighted by Crippen LogP contribution is -2.40. The van der Waals surface area contributed by atoms with Gasteiger partial charge in [0.15, 0.2) is 0 Å². The van der Waals surface area contributed by atoms with Crippen LogP contribution in [0.5, 0.6) is 5.75 Å². The monoisotopic (exact) mass is 348 g/mol. The van der Waals surface area contributed by atoms with E-state index in [0.717, 1.165) is 30.7 Å². The molecule has 0 aromatic heterocycles. The SMILES string of the molecule is CCOc1ccc([C@H]2CCCN2C(=O)NCCC(=O)OC(C)C)cc1. The molecule has 0 radical (unpaired) electrons. The summed E-state index contributed by atoms with van der Waals surface area (Å²) in [5.74, 6) is 0.545. The van der Waals surface area contributed by atoms with Crippen molar-refractivity contribution in [3.05, 3.63) is 29.8 Å². The summed E-state index contributed by atoms with van der Waals surface area (Å²) in [7, 11) is 0. The summed E-state index contributed by atoms with van der Waals surface area (Å²) in [5.41, 5.74) is 1.11. The Balaban J connectivity index is 1.87. The lowest BCUT2D eigenvalue weighted by molar-refractivity contribution is -0.147. The predicted octanol–water partition coefficient (Wildman–Crippen LogP) is 3.27. The molecule has 138 valence electrons. The van der Waals surface area contributed by atoms with Gasteiger partial charge < -0.3 is 19.7 Å². The fourth-order valence-corrected chi connectivity index (χ4v) is 3.00. The number of carbonyl (C=O) groups is 2. The van der Waals surface area contributed by atoms with Crippen LogP contribution < -0.4 is 10.1 Å². The molecule has 1 aromatic carbocycles. The minimum absolute atomic E-state index is 0.0679. The first-order chi connectivity index (χ1) is 12.0. The van der Waals surface area contributed by atoms with Gasteiger partial charge in [-0.15, -0.1) is 0 Å². The molecule has 2 rings (SSSR count). The van der Waals surface area contributed by atoms with Gasteiger partial charge in [-0.05, 0) is 51.3 Å². The first-order valence-electron chi connectivity index (χ1n) is 8.98. The highest BCUT2D eigenvalue weighted by Crippen LogP contribution is 2.32. The topological polar surface area (TPSA) is 67.9 Å². The molecule has 0 bridgehead atoms. The number of ether oxygens (including phenoxy) is 2. The molecule has 0 unspecified atom stereocenters. The number of amides is 2. The molecule has 1 atom stereocenters. The number of hydrogen-bond donors (Lipinski definition) is 1. The third-order valence-electron chi connectivity index (χ3n) is 4.06. The van der Waals surface area contributed by atoms with E-state index in [9.17, 15) is 9.59 Å². The van der Waals surface area contributed by atoms with E-state index in [-0.39, 0.29) is 37.1 Å². The van der Waals surface area contributed by atoms with E-state index in [4.69, 9.17) is 9.47 Å². The number of nitrogens with one attached hydrogen (secondary N) is 1. The normalized spacial score (nSPS) is 16.8. The van der Waals surface area contributed by atoms with Crippen LogP contribution in [-0.4, -0.2) is 42.7 Å². The Hall–Kier alpha value is -2.24. The highest BCUT2D eigenvalue weighted by molar-refractivity contribution is 5.76. The maximum atomic E-state index is 12.4. The lowest BCUT2D eigenvalue weighted by atomic mass is 10.0. The zero-order valence-electron chi connectivity index (χ0n) is 15.3. The van der Waals surface area contributed by atoms with E-state index in [1.807, 2.05) is 49.9 Å². The van der Waals surface area contributed by atoms with E-state index in [1.54, 1.807) is 0 Å². The summed E-state index contributed by atoms with van der Waals surface area (Å²) in [5, 5.41) is 2.82. The number of benzene rings is 1. The number of nitrogens with zero attached hydrogens (tertiary/aromatic N) is 1. The van der Waals surface area contributed by atoms with Crippen LogP contribution in [0.3, 0.4) is 0 Å². The molecule has 1 heterocycles. The second-order valence-corrected chi connectivity index (χ2v) is 6.37. The molecule has 0 saturated carbocycles. The van der Waals surface area contributed by atoms with Gasteiger partial charge in [0.25, 0.3) is 0 Å². The molecule has 1 fully saturated rings. The van der Waals surface area contributed by atoms with Gasteiger partial charge in [-0.3, -0.25) is 4.79 Å². The van der Waals surface area contributed by atoms with Crippen molar-refractivity contribution in [1.29, 1.82) is 0 Å². The Morgan fingerprint density at radius 3 is 2.64 bits per heavy atom. The molecule has 2 amide bonds. The fraction of sp³-hybridized carbons (Fsp3) is 0.579. The van der Waals surface area contributed by atoms with Crippen molar-refractivity contribution in [2.45, 2.75) is 52.2 Å². The Morgan fingerprint density at radius 1 is 1.28 bits per heavy atom. The third-order valence-corrected chi connectivity index (χ3v) is 4.06. The molecule has 25 heavy (non-hydrogen) atoms. The summed E-state index contributed by atoms with van der Waals surface area (Å²) in [6.45, 7) is 7.21. The number of likely N-dealkylation sites (tertiary alicyclic amines) is 1. The molecule has 1 aliphatic heterocycles. The van der Waals surface area contributed by atoms with Crippen molar-refractivity contribution < 1.29 is 19.1 Å². The molecule has 1 N–H and O–H groups in total. The molecular formula is C19H28N2O4. The summed E-state index contributed by atoms with van der Waals surface area (Å²) >= 11 is 0. The maximum absolute atomic E-state index is 12.4. The summed E-state index contributed by atoms with van der Waals surface area (Å²) in [6.07, 6.45) is 1.97. The lowest BCUT2D eigenvalue weighted by Gasteiger charge is -2.25. The molecule has 1 saturated heterocycles. The highest BCUT2D eigenvalue weighted by Gasteiger charge is 2.29. The zero-order chi connectivity index (χ0) is 18.2. The van der Waals surface area contributed by atoms with Gasteiger partial charge >= 0.3 is 12.0 Å². The van der Waals surface area contributed by atoms with Crippen LogP contribution in [-0.2, 0) is 9.53 Å². The first-order valence-corrected chi connectivity index (χ1v) is 8.98. The quantitative estimate of drug-likeness (QED) is 0.768. The highest BCUT2D eigenvalue weighted by atomic mass is 16.5. The average molecular weight is 348 g/mol. The van der Waals surface area contributed by atoms with Gasteiger partial charge in [-0.1, -0.05) is 12.1 Å². The van der Waals surface area contributed by atoms with E-state index >= 15 is 0 Å². The number of esters is 1. The van der Waals surface area contributed by atoms with Crippen LogP contribution in [0.2, 0.25) is 0 Å². The molecule has 6 nitrogen and oxygen atoms in total. The number of urea groups is 1. The van der Waals surface area contributed by atoms with Gasteiger partial charge in [0.05, 0.1) is 25.2 Å². The van der Waals surface area contributed by atoms with Crippen molar-refractivity contribution in [2.75, 3.05) is 19.7 Å². The Labute approximate surface area is 149 Å². The van der Waals surface area contributed by atoms with Crippen molar-refractivity contribution >= 4 is 12.0 Å². The van der Waals surface area contributed by atoms with E-state index < -0.39 is 0 Å². The van der Waals surface area contributed by atoms with E-state index in [2.05, 4.69) is 5.32 Å². The maximum Gasteiger partial charge on any atom is 0.317 e. The largest absolute Gasteiger partial charge is 0.494 e. The van der Waals surface area contributed by atoms with Crippen LogP contribution in [0.1, 0.15) is 51.6 Å². The standard InChI is InChI=1S/C19H28N2O4/c1-4-24-16-9-7-15(8-10-16)17-6-5-13-21(17)19(23)20-12-11-18(22)25-14(2)3/h7-10,14,17H,4-6,11-13H2,1-3H3,(H,20,23)/t17-/m1/s1. The second kappa shape index (κ2) is 9.30. The molecule has 1 aliphatic rings. The van der Waals surface area contributed by atoms with Crippen molar-refractivity contribution in [3.63, 3.8) is 0 Å². The minimum atomic E-state index is -0.292. The molecular weight excluding hydrogens is 320 g/mol. The summed E-state index contributed by atoms with van der Waals surface area (Å²) < 4.78 is 10.5. The van der Waals surface area contributed by atoms with Crippen LogP contribution >= 0.6 is 0 Å². The van der Waals surface area contributed by atoms with Crippen LogP contribution in [0.25, 0.3) is 0 Å². The first kappa shape index (κ1) is 19.1. The Kier molecular flexibility index (Phi) is 7.10. The average Bonchev–Trinajstić information content (AvgIpc) is 3.05. The Morgan fingerprint density at radius 2 is 2.00 bits per heavy atom.